The Hall–Kier alpha value is -2.40. The molecule has 0 bridgehead atoms. The molecule has 0 aliphatic carbocycles. The molecule has 2 aliphatic heterocycles. The Kier molecular flexibility index (Phi) is 2.90. The molecule has 22 heavy (non-hydrogen) atoms. The third-order valence-corrected chi connectivity index (χ3v) is 4.52. The smallest absolute Gasteiger partial charge is 0.256 e. The number of amides is 2. The van der Waals surface area contributed by atoms with Gasteiger partial charge >= 0.3 is 0 Å². The number of piperazine rings is 1. The molecule has 112 valence electrons. The highest BCUT2D eigenvalue weighted by atomic mass is 16.2. The molecule has 4 rings (SSSR count). The van der Waals surface area contributed by atoms with Gasteiger partial charge in [0.2, 0.25) is 5.91 Å². The molecule has 5 heteroatoms. The summed E-state index contributed by atoms with van der Waals surface area (Å²) in [5.74, 6) is -0.161. The van der Waals surface area contributed by atoms with E-state index >= 15 is 0 Å². The lowest BCUT2D eigenvalue weighted by Crippen LogP contribution is -2.57. The number of fused-ring (bicyclic) bond motifs is 3. The van der Waals surface area contributed by atoms with E-state index in [0.717, 1.165) is 17.3 Å². The van der Waals surface area contributed by atoms with E-state index in [0.29, 0.717) is 24.3 Å². The third-order valence-electron chi connectivity index (χ3n) is 4.52. The van der Waals surface area contributed by atoms with Gasteiger partial charge in [0.25, 0.3) is 5.91 Å². The molecule has 2 amide bonds. The van der Waals surface area contributed by atoms with Gasteiger partial charge in [-0.25, -0.2) is 0 Å². The lowest BCUT2D eigenvalue weighted by molar-refractivity contribution is -0.122. The number of carbonyl (C=O) groups excluding carboxylic acids is 2. The van der Waals surface area contributed by atoms with Gasteiger partial charge in [0, 0.05) is 19.6 Å². The number of rotatable bonds is 0. The summed E-state index contributed by atoms with van der Waals surface area (Å²) in [5, 5.41) is 4.97. The van der Waals surface area contributed by atoms with Gasteiger partial charge in [-0.1, -0.05) is 24.3 Å². The van der Waals surface area contributed by atoms with Crippen LogP contribution in [-0.2, 0) is 4.79 Å². The van der Waals surface area contributed by atoms with Crippen molar-refractivity contribution in [3.63, 3.8) is 0 Å². The Labute approximate surface area is 128 Å². The fourth-order valence-electron chi connectivity index (χ4n) is 3.28. The predicted molar refractivity (Wildman–Crippen MR) is 84.9 cm³/mol. The standard InChI is InChI=1S/C17H17N3O2/c1-19-6-7-20-15(10-19)16(21)18-14-9-12-5-3-2-4-11(12)8-13(14)17(20)22/h2-5,8-9,15H,6-7,10H2,1H3,(H,18,21). The number of carbonyl (C=O) groups is 2. The van der Waals surface area contributed by atoms with Crippen LogP contribution < -0.4 is 5.32 Å². The minimum atomic E-state index is -0.415. The first-order valence-electron chi connectivity index (χ1n) is 7.46. The molecule has 1 fully saturated rings. The van der Waals surface area contributed by atoms with Crippen LogP contribution in [0.5, 0.6) is 0 Å². The number of likely N-dealkylation sites (N-methyl/N-ethyl adjacent to an activating group) is 1. The first kappa shape index (κ1) is 13.3. The number of nitrogens with one attached hydrogen (secondary N) is 1. The summed E-state index contributed by atoms with van der Waals surface area (Å²) in [6, 6.07) is 11.2. The van der Waals surface area contributed by atoms with Gasteiger partial charge in [0.1, 0.15) is 6.04 Å². The second kappa shape index (κ2) is 4.81. The van der Waals surface area contributed by atoms with Crippen LogP contribution in [0.3, 0.4) is 0 Å². The molecule has 2 aliphatic rings. The van der Waals surface area contributed by atoms with Crippen LogP contribution in [0.1, 0.15) is 10.4 Å². The monoisotopic (exact) mass is 295 g/mol. The summed E-state index contributed by atoms with van der Waals surface area (Å²) < 4.78 is 0. The molecule has 1 unspecified atom stereocenters. The zero-order valence-electron chi connectivity index (χ0n) is 12.4. The number of hydrogen-bond donors (Lipinski definition) is 1. The molecule has 0 radical (unpaired) electrons. The zero-order valence-corrected chi connectivity index (χ0v) is 12.4. The molecular formula is C17H17N3O2. The highest BCUT2D eigenvalue weighted by molar-refractivity contribution is 6.12. The fourth-order valence-corrected chi connectivity index (χ4v) is 3.28. The van der Waals surface area contributed by atoms with Crippen LogP contribution in [0.4, 0.5) is 5.69 Å². The van der Waals surface area contributed by atoms with E-state index in [2.05, 4.69) is 10.2 Å². The van der Waals surface area contributed by atoms with Crippen LogP contribution in [0, 0.1) is 0 Å². The summed E-state index contributed by atoms with van der Waals surface area (Å²) >= 11 is 0. The lowest BCUT2D eigenvalue weighted by atomic mass is 10.0. The molecular weight excluding hydrogens is 278 g/mol. The van der Waals surface area contributed by atoms with E-state index in [-0.39, 0.29) is 11.8 Å². The van der Waals surface area contributed by atoms with Gasteiger partial charge < -0.3 is 15.1 Å². The highest BCUT2D eigenvalue weighted by Crippen LogP contribution is 2.29. The summed E-state index contributed by atoms with van der Waals surface area (Å²) in [6.07, 6.45) is 0. The maximum atomic E-state index is 12.9. The van der Waals surface area contributed by atoms with Gasteiger partial charge in [-0.05, 0) is 30.0 Å². The topological polar surface area (TPSA) is 52.6 Å². The Bertz CT molecular complexity index is 787. The van der Waals surface area contributed by atoms with Crippen molar-refractivity contribution in [3.8, 4) is 0 Å². The molecule has 0 spiro atoms. The average molecular weight is 295 g/mol. The van der Waals surface area contributed by atoms with Crippen molar-refractivity contribution in [3.05, 3.63) is 42.0 Å². The summed E-state index contributed by atoms with van der Waals surface area (Å²) in [7, 11) is 1.97. The van der Waals surface area contributed by atoms with E-state index in [9.17, 15) is 9.59 Å². The van der Waals surface area contributed by atoms with Gasteiger partial charge in [-0.3, -0.25) is 9.59 Å². The van der Waals surface area contributed by atoms with Gasteiger partial charge in [0.05, 0.1) is 11.3 Å². The van der Waals surface area contributed by atoms with E-state index < -0.39 is 6.04 Å². The molecule has 1 saturated heterocycles. The minimum Gasteiger partial charge on any atom is -0.324 e. The van der Waals surface area contributed by atoms with Crippen molar-refractivity contribution < 1.29 is 9.59 Å². The zero-order chi connectivity index (χ0) is 15.3. The molecule has 0 saturated carbocycles. The quantitative estimate of drug-likeness (QED) is 0.802. The lowest BCUT2D eigenvalue weighted by Gasteiger charge is -2.37. The number of nitrogens with zero attached hydrogens (tertiary/aromatic N) is 2. The summed E-state index contributed by atoms with van der Waals surface area (Å²) in [6.45, 7) is 1.95. The van der Waals surface area contributed by atoms with Gasteiger partial charge in [0.15, 0.2) is 0 Å². The van der Waals surface area contributed by atoms with Crippen molar-refractivity contribution in [2.45, 2.75) is 6.04 Å². The maximum Gasteiger partial charge on any atom is 0.256 e. The van der Waals surface area contributed by atoms with Crippen LogP contribution in [0.25, 0.3) is 10.8 Å². The normalized spacial score (nSPS) is 22.0. The molecule has 0 aromatic heterocycles. The van der Waals surface area contributed by atoms with Crippen LogP contribution in [-0.4, -0.2) is 54.3 Å². The van der Waals surface area contributed by atoms with Gasteiger partial charge in [-0.15, -0.1) is 0 Å². The number of benzene rings is 2. The molecule has 2 heterocycles. The minimum absolute atomic E-state index is 0.0581. The van der Waals surface area contributed by atoms with Crippen molar-refractivity contribution in [2.24, 2.45) is 0 Å². The molecule has 1 atom stereocenters. The van der Waals surface area contributed by atoms with Crippen molar-refractivity contribution in [1.29, 1.82) is 0 Å². The highest BCUT2D eigenvalue weighted by Gasteiger charge is 2.38. The molecule has 1 N–H and O–H groups in total. The largest absolute Gasteiger partial charge is 0.324 e. The second-order valence-electron chi connectivity index (χ2n) is 6.01. The average Bonchev–Trinajstić information content (AvgIpc) is 2.62. The van der Waals surface area contributed by atoms with Crippen LogP contribution in [0.2, 0.25) is 0 Å². The Balaban J connectivity index is 1.86. The molecule has 5 nitrogen and oxygen atoms in total. The molecule has 2 aromatic rings. The van der Waals surface area contributed by atoms with Crippen LogP contribution in [0.15, 0.2) is 36.4 Å². The van der Waals surface area contributed by atoms with E-state index in [4.69, 9.17) is 0 Å². The first-order chi connectivity index (χ1) is 10.6. The van der Waals surface area contributed by atoms with Crippen molar-refractivity contribution in [2.75, 3.05) is 32.0 Å². The van der Waals surface area contributed by atoms with Gasteiger partial charge in [-0.2, -0.15) is 0 Å². The molecule has 2 aromatic carbocycles. The number of anilines is 1. The Morgan fingerprint density at radius 3 is 2.59 bits per heavy atom. The van der Waals surface area contributed by atoms with E-state index in [1.807, 2.05) is 43.4 Å². The summed E-state index contributed by atoms with van der Waals surface area (Å²) in [4.78, 5) is 29.2. The Morgan fingerprint density at radius 1 is 1.09 bits per heavy atom. The third kappa shape index (κ3) is 1.97. The SMILES string of the molecule is CN1CCN2C(=O)c3cc4ccccc4cc3NC(=O)C2C1. The Morgan fingerprint density at radius 2 is 1.82 bits per heavy atom. The van der Waals surface area contributed by atoms with Crippen molar-refractivity contribution in [1.82, 2.24) is 9.80 Å². The first-order valence-corrected chi connectivity index (χ1v) is 7.46. The summed E-state index contributed by atoms with van der Waals surface area (Å²) in [5.41, 5.74) is 1.20. The van der Waals surface area contributed by atoms with E-state index in [1.165, 1.54) is 0 Å². The van der Waals surface area contributed by atoms with Crippen molar-refractivity contribution >= 4 is 28.3 Å². The second-order valence-corrected chi connectivity index (χ2v) is 6.01. The number of hydrogen-bond acceptors (Lipinski definition) is 3. The maximum absolute atomic E-state index is 12.9. The van der Waals surface area contributed by atoms with E-state index in [1.54, 1.807) is 4.90 Å². The predicted octanol–water partition coefficient (Wildman–Crippen LogP) is 1.55. The fraction of sp³-hybridized carbons (Fsp3) is 0.294. The van der Waals surface area contributed by atoms with Crippen LogP contribution >= 0.6 is 0 Å².